The van der Waals surface area contributed by atoms with Gasteiger partial charge in [0.2, 0.25) is 5.91 Å². The summed E-state index contributed by atoms with van der Waals surface area (Å²) in [6.07, 6.45) is 4.37. The minimum Gasteiger partial charge on any atom is -0.497 e. The smallest absolute Gasteiger partial charge is 0.323 e. The molecule has 1 fully saturated rings. The number of aryl methyl sites for hydroxylation is 1. The summed E-state index contributed by atoms with van der Waals surface area (Å²) < 4.78 is 10.3. The van der Waals surface area contributed by atoms with E-state index in [0.717, 1.165) is 55.9 Å². The molecule has 27 heavy (non-hydrogen) atoms. The second kappa shape index (κ2) is 8.88. The van der Waals surface area contributed by atoms with Crippen molar-refractivity contribution in [2.75, 3.05) is 39.2 Å². The number of nitrogens with zero attached hydrogens (tertiary/aromatic N) is 4. The molecule has 2 heterocycles. The van der Waals surface area contributed by atoms with E-state index in [-0.39, 0.29) is 5.91 Å². The SMILES string of the molecule is COc1ccc(CC(=O)N2CCC(CCc3noc(N(C)C)n3)CC2)cc1. The molecule has 0 saturated carbocycles. The van der Waals surface area contributed by atoms with E-state index in [0.29, 0.717) is 18.4 Å². The van der Waals surface area contributed by atoms with Gasteiger partial charge in [-0.25, -0.2) is 0 Å². The minimum atomic E-state index is 0.201. The predicted molar refractivity (Wildman–Crippen MR) is 103 cm³/mol. The summed E-state index contributed by atoms with van der Waals surface area (Å²) >= 11 is 0. The Morgan fingerprint density at radius 3 is 2.56 bits per heavy atom. The van der Waals surface area contributed by atoms with Crippen LogP contribution < -0.4 is 9.64 Å². The van der Waals surface area contributed by atoms with Crippen molar-refractivity contribution in [2.24, 2.45) is 5.92 Å². The summed E-state index contributed by atoms with van der Waals surface area (Å²) in [5.41, 5.74) is 1.02. The van der Waals surface area contributed by atoms with Crippen LogP contribution in [0.3, 0.4) is 0 Å². The molecule has 7 heteroatoms. The number of hydrogen-bond acceptors (Lipinski definition) is 6. The molecule has 1 saturated heterocycles. The molecule has 1 aromatic carbocycles. The number of aromatic nitrogens is 2. The first-order chi connectivity index (χ1) is 13.0. The van der Waals surface area contributed by atoms with E-state index in [2.05, 4.69) is 10.1 Å². The van der Waals surface area contributed by atoms with E-state index < -0.39 is 0 Å². The van der Waals surface area contributed by atoms with Crippen molar-refractivity contribution < 1.29 is 14.1 Å². The maximum Gasteiger partial charge on any atom is 0.323 e. The van der Waals surface area contributed by atoms with Crippen molar-refractivity contribution in [1.82, 2.24) is 15.0 Å². The molecule has 146 valence electrons. The van der Waals surface area contributed by atoms with Gasteiger partial charge in [0.1, 0.15) is 5.75 Å². The van der Waals surface area contributed by atoms with Gasteiger partial charge in [-0.1, -0.05) is 17.3 Å². The fraction of sp³-hybridized carbons (Fsp3) is 0.550. The lowest BCUT2D eigenvalue weighted by atomic mass is 9.92. The second-order valence-electron chi connectivity index (χ2n) is 7.28. The number of benzene rings is 1. The summed E-state index contributed by atoms with van der Waals surface area (Å²) in [4.78, 5) is 20.7. The van der Waals surface area contributed by atoms with E-state index in [1.165, 1.54) is 0 Å². The minimum absolute atomic E-state index is 0.201. The van der Waals surface area contributed by atoms with Crippen LogP contribution in [0.5, 0.6) is 5.75 Å². The summed E-state index contributed by atoms with van der Waals surface area (Å²) in [7, 11) is 5.41. The van der Waals surface area contributed by atoms with Crippen molar-refractivity contribution in [3.63, 3.8) is 0 Å². The van der Waals surface area contributed by atoms with Crippen molar-refractivity contribution in [2.45, 2.75) is 32.1 Å². The Morgan fingerprint density at radius 1 is 1.26 bits per heavy atom. The Balaban J connectivity index is 1.41. The first kappa shape index (κ1) is 19.2. The van der Waals surface area contributed by atoms with Crippen LogP contribution in [0.25, 0.3) is 0 Å². The Labute approximate surface area is 160 Å². The molecule has 1 aliphatic rings. The molecule has 3 rings (SSSR count). The van der Waals surface area contributed by atoms with Gasteiger partial charge in [-0.15, -0.1) is 0 Å². The van der Waals surface area contributed by atoms with Crippen LogP contribution in [0.1, 0.15) is 30.7 Å². The molecule has 0 bridgehead atoms. The highest BCUT2D eigenvalue weighted by atomic mass is 16.5. The molecule has 0 radical (unpaired) electrons. The van der Waals surface area contributed by atoms with Gasteiger partial charge in [-0.3, -0.25) is 4.79 Å². The third-order valence-corrected chi connectivity index (χ3v) is 5.10. The van der Waals surface area contributed by atoms with Crippen LogP contribution in [0.4, 0.5) is 6.01 Å². The van der Waals surface area contributed by atoms with Crippen LogP contribution in [-0.2, 0) is 17.6 Å². The lowest BCUT2D eigenvalue weighted by Crippen LogP contribution is -2.39. The molecular formula is C20H28N4O3. The van der Waals surface area contributed by atoms with Gasteiger partial charge in [0.05, 0.1) is 13.5 Å². The zero-order chi connectivity index (χ0) is 19.2. The molecule has 0 N–H and O–H groups in total. The number of methoxy groups -OCH3 is 1. The van der Waals surface area contributed by atoms with E-state index in [4.69, 9.17) is 9.26 Å². The molecule has 0 unspecified atom stereocenters. The van der Waals surface area contributed by atoms with E-state index in [9.17, 15) is 4.79 Å². The number of hydrogen-bond donors (Lipinski definition) is 0. The Bertz CT molecular complexity index is 734. The van der Waals surface area contributed by atoms with Crippen LogP contribution in [-0.4, -0.2) is 55.2 Å². The Morgan fingerprint density at radius 2 is 1.96 bits per heavy atom. The number of carbonyl (C=O) groups excluding carboxylic acids is 1. The monoisotopic (exact) mass is 372 g/mol. The third kappa shape index (κ3) is 5.21. The number of ether oxygens (including phenoxy) is 1. The van der Waals surface area contributed by atoms with Gasteiger partial charge in [0.15, 0.2) is 5.82 Å². The van der Waals surface area contributed by atoms with Gasteiger partial charge >= 0.3 is 6.01 Å². The highest BCUT2D eigenvalue weighted by Gasteiger charge is 2.23. The first-order valence-corrected chi connectivity index (χ1v) is 9.45. The number of amides is 1. The summed E-state index contributed by atoms with van der Waals surface area (Å²) in [5, 5.41) is 4.02. The first-order valence-electron chi connectivity index (χ1n) is 9.45. The molecule has 0 atom stereocenters. The van der Waals surface area contributed by atoms with Crippen LogP contribution >= 0.6 is 0 Å². The van der Waals surface area contributed by atoms with E-state index >= 15 is 0 Å². The third-order valence-electron chi connectivity index (χ3n) is 5.10. The van der Waals surface area contributed by atoms with E-state index in [1.54, 1.807) is 7.11 Å². The van der Waals surface area contributed by atoms with E-state index in [1.807, 2.05) is 48.2 Å². The van der Waals surface area contributed by atoms with Crippen LogP contribution in [0.15, 0.2) is 28.8 Å². The Kier molecular flexibility index (Phi) is 6.32. The average molecular weight is 372 g/mol. The molecule has 1 aliphatic heterocycles. The zero-order valence-electron chi connectivity index (χ0n) is 16.4. The predicted octanol–water partition coefficient (Wildman–Crippen LogP) is 2.56. The van der Waals surface area contributed by atoms with Gasteiger partial charge in [-0.05, 0) is 42.9 Å². The number of piperidine rings is 1. The van der Waals surface area contributed by atoms with Crippen molar-refractivity contribution in [3.05, 3.63) is 35.7 Å². The van der Waals surface area contributed by atoms with Gasteiger partial charge in [-0.2, -0.15) is 4.98 Å². The van der Waals surface area contributed by atoms with Crippen molar-refractivity contribution in [1.29, 1.82) is 0 Å². The summed E-state index contributed by atoms with van der Waals surface area (Å²) in [5.74, 6) is 2.38. The Hall–Kier alpha value is -2.57. The second-order valence-corrected chi connectivity index (χ2v) is 7.28. The zero-order valence-corrected chi connectivity index (χ0v) is 16.4. The van der Waals surface area contributed by atoms with Gasteiger partial charge in [0, 0.05) is 33.6 Å². The van der Waals surface area contributed by atoms with Gasteiger partial charge < -0.3 is 19.1 Å². The largest absolute Gasteiger partial charge is 0.497 e. The van der Waals surface area contributed by atoms with Crippen LogP contribution in [0.2, 0.25) is 0 Å². The maximum atomic E-state index is 12.5. The maximum absolute atomic E-state index is 12.5. The highest BCUT2D eigenvalue weighted by Crippen LogP contribution is 2.23. The summed E-state index contributed by atoms with van der Waals surface area (Å²) in [6.45, 7) is 1.66. The normalized spacial score (nSPS) is 15.0. The number of carbonyl (C=O) groups is 1. The van der Waals surface area contributed by atoms with Crippen molar-refractivity contribution in [3.8, 4) is 5.75 Å². The van der Waals surface area contributed by atoms with Gasteiger partial charge in [0.25, 0.3) is 0 Å². The standard InChI is InChI=1S/C20H28N4O3/c1-23(2)20-21-18(22-27-20)9-6-15-10-12-24(13-11-15)19(25)14-16-4-7-17(26-3)8-5-16/h4-5,7-8,15H,6,9-14H2,1-3H3. The quantitative estimate of drug-likeness (QED) is 0.744. The fourth-order valence-corrected chi connectivity index (χ4v) is 3.36. The van der Waals surface area contributed by atoms with Crippen LogP contribution in [0, 0.1) is 5.92 Å². The number of anilines is 1. The molecular weight excluding hydrogens is 344 g/mol. The molecule has 7 nitrogen and oxygen atoms in total. The lowest BCUT2D eigenvalue weighted by Gasteiger charge is -2.32. The number of rotatable bonds is 7. The molecule has 0 spiro atoms. The average Bonchev–Trinajstić information content (AvgIpc) is 3.17. The molecule has 2 aromatic rings. The molecule has 1 amide bonds. The number of likely N-dealkylation sites (tertiary alicyclic amines) is 1. The van der Waals surface area contributed by atoms with Crippen molar-refractivity contribution >= 4 is 11.9 Å². The summed E-state index contributed by atoms with van der Waals surface area (Å²) in [6, 6.07) is 8.25. The topological polar surface area (TPSA) is 71.7 Å². The lowest BCUT2D eigenvalue weighted by molar-refractivity contribution is -0.131. The highest BCUT2D eigenvalue weighted by molar-refractivity contribution is 5.78. The molecule has 0 aliphatic carbocycles. The fourth-order valence-electron chi connectivity index (χ4n) is 3.36. The molecule has 1 aromatic heterocycles.